The number of carbonyl (C=O) groups excluding carboxylic acids is 1. The van der Waals surface area contributed by atoms with E-state index in [2.05, 4.69) is 20.8 Å². The monoisotopic (exact) mass is 234 g/mol. The number of Topliss-reactive ketones (excluding diaryl/α,β-unsaturated/α-hetero) is 1. The Bertz CT molecular complexity index is 440. The van der Waals surface area contributed by atoms with E-state index < -0.39 is 5.60 Å². The number of hydrogen-bond acceptors (Lipinski definition) is 2. The van der Waals surface area contributed by atoms with Crippen LogP contribution in [0, 0.1) is 22.7 Å². The fourth-order valence-corrected chi connectivity index (χ4v) is 5.61. The molecule has 4 aliphatic rings. The molecule has 0 aromatic carbocycles. The number of ketones is 1. The van der Waals surface area contributed by atoms with E-state index in [1.54, 1.807) is 0 Å². The number of fused-ring (bicyclic) bond motifs is 2. The molecular weight excluding hydrogens is 212 g/mol. The number of ether oxygens (including phenoxy) is 1. The van der Waals surface area contributed by atoms with Gasteiger partial charge in [-0.15, -0.1) is 0 Å². The van der Waals surface area contributed by atoms with Crippen molar-refractivity contribution >= 4 is 5.78 Å². The van der Waals surface area contributed by atoms with Gasteiger partial charge in [-0.3, -0.25) is 4.79 Å². The molecule has 0 aromatic rings. The lowest BCUT2D eigenvalue weighted by molar-refractivity contribution is -0.139. The third-order valence-electron chi connectivity index (χ3n) is 6.68. The minimum absolute atomic E-state index is 0.0569. The summed E-state index contributed by atoms with van der Waals surface area (Å²) in [7, 11) is 0. The second-order valence-corrected chi connectivity index (χ2v) is 8.03. The molecule has 4 rings (SSSR count). The molecule has 5 atom stereocenters. The third-order valence-corrected chi connectivity index (χ3v) is 6.68. The Hall–Kier alpha value is -0.370. The molecule has 1 aliphatic heterocycles. The van der Waals surface area contributed by atoms with Crippen molar-refractivity contribution in [2.24, 2.45) is 22.7 Å². The molecule has 0 aromatic heterocycles. The van der Waals surface area contributed by atoms with Crippen LogP contribution in [0.4, 0.5) is 0 Å². The van der Waals surface area contributed by atoms with Gasteiger partial charge in [-0.1, -0.05) is 20.8 Å². The first-order valence-corrected chi connectivity index (χ1v) is 7.00. The van der Waals surface area contributed by atoms with Gasteiger partial charge in [0.15, 0.2) is 11.4 Å². The van der Waals surface area contributed by atoms with Crippen LogP contribution in [0.15, 0.2) is 0 Å². The minimum Gasteiger partial charge on any atom is -0.354 e. The molecule has 0 amide bonds. The number of epoxide rings is 1. The van der Waals surface area contributed by atoms with Crippen molar-refractivity contribution in [1.82, 2.24) is 0 Å². The van der Waals surface area contributed by atoms with Gasteiger partial charge in [0.05, 0.1) is 0 Å². The summed E-state index contributed by atoms with van der Waals surface area (Å²) in [5.41, 5.74) is 0.159. The van der Waals surface area contributed by atoms with Crippen molar-refractivity contribution in [3.05, 3.63) is 0 Å². The number of hydrogen-bond donors (Lipinski definition) is 0. The lowest BCUT2D eigenvalue weighted by Gasteiger charge is -2.55. The van der Waals surface area contributed by atoms with E-state index in [-0.39, 0.29) is 16.9 Å². The van der Waals surface area contributed by atoms with Crippen LogP contribution in [0.3, 0.4) is 0 Å². The molecule has 5 unspecified atom stereocenters. The summed E-state index contributed by atoms with van der Waals surface area (Å²) in [5.74, 6) is 1.27. The first-order valence-electron chi connectivity index (χ1n) is 7.00. The molecular formula is C15H22O2. The molecule has 2 nitrogen and oxygen atoms in total. The summed E-state index contributed by atoms with van der Waals surface area (Å²) >= 11 is 0. The maximum atomic E-state index is 12.7. The Balaban J connectivity index is 1.82. The third kappa shape index (κ3) is 0.845. The highest BCUT2D eigenvalue weighted by Crippen LogP contribution is 2.79. The van der Waals surface area contributed by atoms with Crippen LogP contribution < -0.4 is 0 Å². The quantitative estimate of drug-likeness (QED) is 0.603. The van der Waals surface area contributed by atoms with E-state index in [4.69, 9.17) is 4.74 Å². The van der Waals surface area contributed by atoms with E-state index in [0.717, 1.165) is 12.8 Å². The molecule has 1 saturated heterocycles. The molecule has 1 heterocycles. The summed E-state index contributed by atoms with van der Waals surface area (Å²) in [6.07, 6.45) is 4.64. The smallest absolute Gasteiger partial charge is 0.170 e. The Morgan fingerprint density at radius 3 is 2.41 bits per heavy atom. The largest absolute Gasteiger partial charge is 0.354 e. The van der Waals surface area contributed by atoms with E-state index in [9.17, 15) is 4.79 Å². The van der Waals surface area contributed by atoms with Crippen molar-refractivity contribution in [1.29, 1.82) is 0 Å². The molecule has 0 bridgehead atoms. The Kier molecular flexibility index (Phi) is 1.47. The highest BCUT2D eigenvalue weighted by molar-refractivity contribution is 5.96. The van der Waals surface area contributed by atoms with Gasteiger partial charge in [0.1, 0.15) is 5.60 Å². The zero-order valence-electron chi connectivity index (χ0n) is 11.3. The van der Waals surface area contributed by atoms with Crippen LogP contribution in [-0.4, -0.2) is 17.0 Å². The van der Waals surface area contributed by atoms with Crippen LogP contribution in [0.1, 0.15) is 53.4 Å². The molecule has 4 fully saturated rings. The highest BCUT2D eigenvalue weighted by atomic mass is 16.6. The number of rotatable bonds is 0. The van der Waals surface area contributed by atoms with Gasteiger partial charge in [0.2, 0.25) is 0 Å². The molecule has 17 heavy (non-hydrogen) atoms. The Labute approximate surface area is 103 Å². The SMILES string of the molecule is CC1(C)CC2C(=O)C3(C)OC34CCC4(C)C2C1. The topological polar surface area (TPSA) is 29.6 Å². The molecule has 0 radical (unpaired) electrons. The van der Waals surface area contributed by atoms with Gasteiger partial charge in [-0.2, -0.15) is 0 Å². The lowest BCUT2D eigenvalue weighted by Crippen LogP contribution is -2.62. The normalized spacial score (nSPS) is 62.2. The standard InChI is InChI=1S/C15H22O2/c1-12(2)7-9-10(8-12)13(3)5-6-15(13)14(4,17-15)11(9)16/h9-10H,5-8H2,1-4H3. The van der Waals surface area contributed by atoms with Gasteiger partial charge >= 0.3 is 0 Å². The average Bonchev–Trinajstić information content (AvgIpc) is 2.79. The van der Waals surface area contributed by atoms with Gasteiger partial charge in [-0.25, -0.2) is 0 Å². The summed E-state index contributed by atoms with van der Waals surface area (Å²) in [6.45, 7) is 9.08. The maximum absolute atomic E-state index is 12.7. The zero-order valence-corrected chi connectivity index (χ0v) is 11.3. The lowest BCUT2D eigenvalue weighted by atomic mass is 9.45. The van der Waals surface area contributed by atoms with Crippen molar-refractivity contribution in [2.75, 3.05) is 0 Å². The Morgan fingerprint density at radius 2 is 1.82 bits per heavy atom. The zero-order chi connectivity index (χ0) is 12.3. The van der Waals surface area contributed by atoms with E-state index in [1.165, 1.54) is 12.8 Å². The summed E-state index contributed by atoms with van der Waals surface area (Å²) in [5, 5.41) is 0. The fraction of sp³-hybridized carbons (Fsp3) is 0.933. The van der Waals surface area contributed by atoms with Crippen LogP contribution in [0.2, 0.25) is 0 Å². The summed E-state index contributed by atoms with van der Waals surface area (Å²) in [6, 6.07) is 0. The van der Waals surface area contributed by atoms with Crippen LogP contribution >= 0.6 is 0 Å². The predicted molar refractivity (Wildman–Crippen MR) is 64.6 cm³/mol. The van der Waals surface area contributed by atoms with E-state index in [1.807, 2.05) is 6.92 Å². The molecule has 0 N–H and O–H groups in total. The second-order valence-electron chi connectivity index (χ2n) is 8.03. The number of carbonyl (C=O) groups is 1. The van der Waals surface area contributed by atoms with E-state index >= 15 is 0 Å². The minimum atomic E-state index is -0.415. The average molecular weight is 234 g/mol. The first-order chi connectivity index (χ1) is 7.76. The summed E-state index contributed by atoms with van der Waals surface area (Å²) < 4.78 is 6.02. The van der Waals surface area contributed by atoms with E-state index in [0.29, 0.717) is 17.1 Å². The van der Waals surface area contributed by atoms with Crippen LogP contribution in [0.5, 0.6) is 0 Å². The van der Waals surface area contributed by atoms with Crippen molar-refractivity contribution < 1.29 is 9.53 Å². The predicted octanol–water partition coefficient (Wildman–Crippen LogP) is 2.95. The molecule has 2 heteroatoms. The maximum Gasteiger partial charge on any atom is 0.170 e. The van der Waals surface area contributed by atoms with Gasteiger partial charge < -0.3 is 4.74 Å². The Morgan fingerprint density at radius 1 is 1.12 bits per heavy atom. The first kappa shape index (κ1) is 10.5. The van der Waals surface area contributed by atoms with Gasteiger partial charge in [0, 0.05) is 11.3 Å². The molecule has 3 aliphatic carbocycles. The van der Waals surface area contributed by atoms with Gasteiger partial charge in [0.25, 0.3) is 0 Å². The van der Waals surface area contributed by atoms with Crippen LogP contribution in [0.25, 0.3) is 0 Å². The molecule has 1 spiro atoms. The molecule has 94 valence electrons. The van der Waals surface area contributed by atoms with Crippen molar-refractivity contribution in [2.45, 2.75) is 64.6 Å². The van der Waals surface area contributed by atoms with Crippen molar-refractivity contribution in [3.63, 3.8) is 0 Å². The second kappa shape index (κ2) is 2.36. The van der Waals surface area contributed by atoms with Crippen LogP contribution in [-0.2, 0) is 9.53 Å². The summed E-state index contributed by atoms with van der Waals surface area (Å²) in [4.78, 5) is 12.7. The van der Waals surface area contributed by atoms with Crippen molar-refractivity contribution in [3.8, 4) is 0 Å². The fourth-order valence-electron chi connectivity index (χ4n) is 5.61. The van der Waals surface area contributed by atoms with Gasteiger partial charge in [-0.05, 0) is 43.9 Å². The molecule has 3 saturated carbocycles. The highest BCUT2D eigenvalue weighted by Gasteiger charge is 2.87.